The monoisotopic (exact) mass is 513 g/mol. The Bertz CT molecular complexity index is 2130. The lowest BCUT2D eigenvalue weighted by atomic mass is 9.99. The van der Waals surface area contributed by atoms with Crippen LogP contribution in [0.2, 0.25) is 0 Å². The fourth-order valence-corrected chi connectivity index (χ4v) is 5.67. The predicted octanol–water partition coefficient (Wildman–Crippen LogP) is 9.32. The van der Waals surface area contributed by atoms with Gasteiger partial charge in [-0.2, -0.15) is 0 Å². The van der Waals surface area contributed by atoms with Gasteiger partial charge < -0.3 is 8.98 Å². The van der Waals surface area contributed by atoms with Gasteiger partial charge in [0.2, 0.25) is 5.89 Å². The Labute approximate surface area is 230 Å². The second kappa shape index (κ2) is 9.07. The summed E-state index contributed by atoms with van der Waals surface area (Å²) in [5.74, 6) is 0.616. The molecule has 3 heterocycles. The Hall–Kier alpha value is -5.48. The van der Waals surface area contributed by atoms with Crippen molar-refractivity contribution in [3.63, 3.8) is 0 Å². The predicted molar refractivity (Wildman–Crippen MR) is 162 cm³/mol. The normalized spacial score (nSPS) is 11.5. The lowest BCUT2D eigenvalue weighted by Crippen LogP contribution is -1.95. The molecule has 0 aliphatic heterocycles. The van der Waals surface area contributed by atoms with E-state index in [0.29, 0.717) is 5.89 Å². The molecule has 8 rings (SSSR count). The van der Waals surface area contributed by atoms with Crippen molar-refractivity contribution in [3.8, 4) is 39.5 Å². The van der Waals surface area contributed by atoms with Gasteiger partial charge in [-0.1, -0.05) is 78.9 Å². The molecule has 0 radical (unpaired) electrons. The summed E-state index contributed by atoms with van der Waals surface area (Å²) in [5, 5.41) is 2.40. The molecule has 0 aliphatic rings. The van der Waals surface area contributed by atoms with Crippen LogP contribution in [0.15, 0.2) is 144 Å². The summed E-state index contributed by atoms with van der Waals surface area (Å²) in [6.45, 7) is 0. The van der Waals surface area contributed by atoms with Crippen molar-refractivity contribution in [3.05, 3.63) is 140 Å². The molecule has 0 spiro atoms. The average Bonchev–Trinajstić information content (AvgIpc) is 3.61. The maximum atomic E-state index is 6.16. The molecule has 4 nitrogen and oxygen atoms in total. The first-order valence-corrected chi connectivity index (χ1v) is 13.3. The van der Waals surface area contributed by atoms with Gasteiger partial charge in [0.15, 0.2) is 5.58 Å². The Kier molecular flexibility index (Phi) is 5.10. The van der Waals surface area contributed by atoms with Crippen LogP contribution in [0, 0.1) is 0 Å². The molecular formula is C36H23N3O. The summed E-state index contributed by atoms with van der Waals surface area (Å²) >= 11 is 0. The molecule has 5 aromatic carbocycles. The zero-order valence-corrected chi connectivity index (χ0v) is 21.5. The summed E-state index contributed by atoms with van der Waals surface area (Å²) in [7, 11) is 0. The first-order valence-electron chi connectivity index (χ1n) is 13.3. The molecule has 0 N–H and O–H groups in total. The Morgan fingerprint density at radius 3 is 2.27 bits per heavy atom. The van der Waals surface area contributed by atoms with Crippen molar-refractivity contribution in [1.82, 2.24) is 14.5 Å². The zero-order valence-electron chi connectivity index (χ0n) is 21.5. The standard InChI is InChI=1S/C36H23N3O/c1-2-10-24(11-3-1)28-14-9-17-32-35(28)29-20-19-26(36-38-31-16-4-5-18-34(31)40-36)23-33(29)39(32)27-13-8-12-25(22-27)30-15-6-7-21-37-30/h1-23H. The molecule has 4 heteroatoms. The number of aromatic nitrogens is 3. The highest BCUT2D eigenvalue weighted by Crippen LogP contribution is 2.40. The molecule has 188 valence electrons. The number of nitrogens with zero attached hydrogens (tertiary/aromatic N) is 3. The van der Waals surface area contributed by atoms with Crippen LogP contribution in [0.1, 0.15) is 0 Å². The molecule has 0 saturated carbocycles. The number of rotatable bonds is 4. The summed E-state index contributed by atoms with van der Waals surface area (Å²) < 4.78 is 8.51. The van der Waals surface area contributed by atoms with E-state index in [9.17, 15) is 0 Å². The van der Waals surface area contributed by atoms with E-state index in [-0.39, 0.29) is 0 Å². The van der Waals surface area contributed by atoms with Crippen molar-refractivity contribution in [1.29, 1.82) is 0 Å². The van der Waals surface area contributed by atoms with E-state index in [1.165, 1.54) is 21.9 Å². The topological polar surface area (TPSA) is 43.9 Å². The van der Waals surface area contributed by atoms with E-state index in [0.717, 1.165) is 44.6 Å². The van der Waals surface area contributed by atoms with Gasteiger partial charge in [-0.3, -0.25) is 4.98 Å². The molecular weight excluding hydrogens is 490 g/mol. The fourth-order valence-electron chi connectivity index (χ4n) is 5.67. The first-order chi connectivity index (χ1) is 19.8. The van der Waals surface area contributed by atoms with Gasteiger partial charge in [0.05, 0.1) is 16.7 Å². The second-order valence-electron chi connectivity index (χ2n) is 9.89. The number of hydrogen-bond donors (Lipinski definition) is 0. The molecule has 0 aliphatic carbocycles. The molecule has 3 aromatic heterocycles. The lowest BCUT2D eigenvalue weighted by Gasteiger charge is -2.11. The minimum Gasteiger partial charge on any atom is -0.436 e. The van der Waals surface area contributed by atoms with Crippen molar-refractivity contribution in [2.45, 2.75) is 0 Å². The quantitative estimate of drug-likeness (QED) is 0.235. The number of para-hydroxylation sites is 2. The van der Waals surface area contributed by atoms with Gasteiger partial charge in [-0.25, -0.2) is 4.98 Å². The van der Waals surface area contributed by atoms with Crippen molar-refractivity contribution >= 4 is 32.9 Å². The summed E-state index contributed by atoms with van der Waals surface area (Å²) in [4.78, 5) is 9.38. The van der Waals surface area contributed by atoms with Crippen LogP contribution in [-0.4, -0.2) is 14.5 Å². The van der Waals surface area contributed by atoms with Crippen molar-refractivity contribution in [2.75, 3.05) is 0 Å². The van der Waals surface area contributed by atoms with E-state index in [2.05, 4.69) is 101 Å². The van der Waals surface area contributed by atoms with E-state index in [4.69, 9.17) is 9.40 Å². The third-order valence-electron chi connectivity index (χ3n) is 7.48. The molecule has 8 aromatic rings. The maximum Gasteiger partial charge on any atom is 0.227 e. The molecule has 0 bridgehead atoms. The Morgan fingerprint density at radius 2 is 1.40 bits per heavy atom. The molecule has 0 saturated heterocycles. The number of benzene rings is 5. The minimum absolute atomic E-state index is 0.616. The van der Waals surface area contributed by atoms with Crippen LogP contribution in [0.3, 0.4) is 0 Å². The average molecular weight is 514 g/mol. The largest absolute Gasteiger partial charge is 0.436 e. The van der Waals surface area contributed by atoms with Crippen LogP contribution in [0.5, 0.6) is 0 Å². The van der Waals surface area contributed by atoms with Gasteiger partial charge in [0, 0.05) is 33.8 Å². The molecule has 0 fully saturated rings. The number of fused-ring (bicyclic) bond motifs is 4. The minimum atomic E-state index is 0.616. The van der Waals surface area contributed by atoms with E-state index in [1.54, 1.807) is 0 Å². The Balaban J connectivity index is 1.43. The first kappa shape index (κ1) is 22.5. The van der Waals surface area contributed by atoms with Crippen molar-refractivity contribution in [2.24, 2.45) is 0 Å². The van der Waals surface area contributed by atoms with Crippen LogP contribution < -0.4 is 0 Å². The lowest BCUT2D eigenvalue weighted by molar-refractivity contribution is 0.620. The van der Waals surface area contributed by atoms with Gasteiger partial charge in [0.1, 0.15) is 5.52 Å². The van der Waals surface area contributed by atoms with Gasteiger partial charge in [-0.05, 0) is 65.7 Å². The van der Waals surface area contributed by atoms with Gasteiger partial charge in [-0.15, -0.1) is 0 Å². The van der Waals surface area contributed by atoms with Gasteiger partial charge >= 0.3 is 0 Å². The zero-order chi connectivity index (χ0) is 26.5. The van der Waals surface area contributed by atoms with Crippen LogP contribution >= 0.6 is 0 Å². The smallest absolute Gasteiger partial charge is 0.227 e. The summed E-state index contributed by atoms with van der Waals surface area (Å²) in [6, 6.07) is 46.1. The van der Waals surface area contributed by atoms with Gasteiger partial charge in [0.25, 0.3) is 0 Å². The van der Waals surface area contributed by atoms with E-state index in [1.807, 2.05) is 48.7 Å². The fraction of sp³-hybridized carbons (Fsp3) is 0. The van der Waals surface area contributed by atoms with Crippen molar-refractivity contribution < 1.29 is 4.42 Å². The third kappa shape index (κ3) is 3.62. The number of oxazole rings is 1. The highest BCUT2D eigenvalue weighted by Gasteiger charge is 2.18. The number of pyridine rings is 1. The maximum absolute atomic E-state index is 6.16. The van der Waals surface area contributed by atoms with Crippen LogP contribution in [0.25, 0.3) is 72.4 Å². The van der Waals surface area contributed by atoms with Crippen LogP contribution in [0.4, 0.5) is 0 Å². The van der Waals surface area contributed by atoms with Crippen LogP contribution in [-0.2, 0) is 0 Å². The third-order valence-corrected chi connectivity index (χ3v) is 7.48. The number of hydrogen-bond acceptors (Lipinski definition) is 3. The summed E-state index contributed by atoms with van der Waals surface area (Å²) in [6.07, 6.45) is 1.83. The molecule has 40 heavy (non-hydrogen) atoms. The summed E-state index contributed by atoms with van der Waals surface area (Å²) in [5.41, 5.74) is 10.3. The second-order valence-corrected chi connectivity index (χ2v) is 9.89. The Morgan fingerprint density at radius 1 is 0.575 bits per heavy atom. The highest BCUT2D eigenvalue weighted by molar-refractivity contribution is 6.16. The van der Waals surface area contributed by atoms with E-state index < -0.39 is 0 Å². The molecule has 0 atom stereocenters. The molecule has 0 amide bonds. The van der Waals surface area contributed by atoms with E-state index >= 15 is 0 Å². The molecule has 0 unspecified atom stereocenters. The SMILES string of the molecule is c1ccc(-c2cccc3c2c2ccc(-c4nc5ccccc5o4)cc2n3-c2cccc(-c3ccccn3)c2)cc1. The highest BCUT2D eigenvalue weighted by atomic mass is 16.3.